The second kappa shape index (κ2) is 4.96. The molecule has 4 aliphatic carbocycles. The molecule has 22 heavy (non-hydrogen) atoms. The van der Waals surface area contributed by atoms with Gasteiger partial charge in [0, 0.05) is 11.1 Å². The van der Waals surface area contributed by atoms with Crippen LogP contribution in [0.2, 0.25) is 0 Å². The van der Waals surface area contributed by atoms with E-state index in [-0.39, 0.29) is 11.5 Å². The Labute approximate surface area is 134 Å². The molecule has 3 N–H and O–H groups in total. The first-order valence-corrected chi connectivity index (χ1v) is 9.46. The minimum Gasteiger partial charge on any atom is -0.393 e. The Bertz CT molecular complexity index is 490. The fraction of sp³-hybridized carbons (Fsp3) is 0.947. The molecule has 7 atom stereocenters. The Morgan fingerprint density at radius 2 is 1.86 bits per heavy atom. The molecular formula is C19H32N2O. The van der Waals surface area contributed by atoms with Crippen molar-refractivity contribution < 1.29 is 5.11 Å². The van der Waals surface area contributed by atoms with Gasteiger partial charge in [-0.3, -0.25) is 0 Å². The Morgan fingerprint density at radius 3 is 2.64 bits per heavy atom. The van der Waals surface area contributed by atoms with Crippen LogP contribution in [0.4, 0.5) is 0 Å². The summed E-state index contributed by atoms with van der Waals surface area (Å²) in [6.07, 6.45) is 11.1. The molecule has 0 radical (unpaired) electrons. The summed E-state index contributed by atoms with van der Waals surface area (Å²) in [4.78, 5) is 0. The highest BCUT2D eigenvalue weighted by Gasteiger charge is 2.60. The summed E-state index contributed by atoms with van der Waals surface area (Å²) < 4.78 is 0. The lowest BCUT2D eigenvalue weighted by atomic mass is 9.44. The third-order valence-electron chi connectivity index (χ3n) is 8.49. The summed E-state index contributed by atoms with van der Waals surface area (Å²) in [7, 11) is 0. The monoisotopic (exact) mass is 304 g/mol. The molecule has 0 bridgehead atoms. The number of hydrazone groups is 1. The van der Waals surface area contributed by atoms with Crippen molar-refractivity contribution in [3.63, 3.8) is 0 Å². The molecule has 0 spiro atoms. The summed E-state index contributed by atoms with van der Waals surface area (Å²) in [5, 5.41) is 15.0. The van der Waals surface area contributed by atoms with Gasteiger partial charge in [0.05, 0.1) is 6.10 Å². The maximum Gasteiger partial charge on any atom is 0.0576 e. The summed E-state index contributed by atoms with van der Waals surface area (Å²) in [6.45, 7) is 4.90. The molecule has 3 unspecified atom stereocenters. The fourth-order valence-electron chi connectivity index (χ4n) is 7.36. The van der Waals surface area contributed by atoms with E-state index in [2.05, 4.69) is 18.9 Å². The van der Waals surface area contributed by atoms with Gasteiger partial charge in [-0.2, -0.15) is 5.10 Å². The van der Waals surface area contributed by atoms with Crippen LogP contribution in [0.25, 0.3) is 0 Å². The van der Waals surface area contributed by atoms with Crippen LogP contribution >= 0.6 is 0 Å². The molecule has 0 aromatic carbocycles. The van der Waals surface area contributed by atoms with Crippen molar-refractivity contribution in [3.05, 3.63) is 0 Å². The molecule has 0 heterocycles. The highest BCUT2D eigenvalue weighted by molar-refractivity contribution is 5.92. The van der Waals surface area contributed by atoms with Crippen molar-refractivity contribution in [2.45, 2.75) is 77.7 Å². The zero-order valence-electron chi connectivity index (χ0n) is 14.2. The smallest absolute Gasteiger partial charge is 0.0576 e. The minimum absolute atomic E-state index is 0.0761. The van der Waals surface area contributed by atoms with E-state index in [9.17, 15) is 5.11 Å². The van der Waals surface area contributed by atoms with Crippen molar-refractivity contribution in [2.24, 2.45) is 45.4 Å². The van der Waals surface area contributed by atoms with Gasteiger partial charge in [-0.1, -0.05) is 26.7 Å². The number of rotatable bonds is 0. The topological polar surface area (TPSA) is 58.6 Å². The van der Waals surface area contributed by atoms with Crippen molar-refractivity contribution in [1.82, 2.24) is 0 Å². The Kier molecular flexibility index (Phi) is 3.38. The van der Waals surface area contributed by atoms with Crippen molar-refractivity contribution >= 4 is 5.71 Å². The van der Waals surface area contributed by atoms with Gasteiger partial charge in [0.1, 0.15) is 0 Å². The van der Waals surface area contributed by atoms with Crippen molar-refractivity contribution in [2.75, 3.05) is 0 Å². The molecular weight excluding hydrogens is 272 g/mol. The van der Waals surface area contributed by atoms with E-state index in [1.54, 1.807) is 0 Å². The highest BCUT2D eigenvalue weighted by atomic mass is 16.3. The number of nitrogens with two attached hydrogens (primary N) is 1. The summed E-state index contributed by atoms with van der Waals surface area (Å²) >= 11 is 0. The predicted octanol–water partition coefficient (Wildman–Crippen LogP) is 3.70. The maximum absolute atomic E-state index is 10.9. The number of fused-ring (bicyclic) bond motifs is 5. The second-order valence-corrected chi connectivity index (χ2v) is 9.11. The molecule has 0 amide bonds. The van der Waals surface area contributed by atoms with Gasteiger partial charge in [-0.05, 0) is 74.0 Å². The number of nitrogens with zero attached hydrogens (tertiary/aromatic N) is 1. The summed E-state index contributed by atoms with van der Waals surface area (Å²) in [5.74, 6) is 8.44. The number of aliphatic hydroxyl groups excluding tert-OH is 1. The van der Waals surface area contributed by atoms with Gasteiger partial charge < -0.3 is 10.9 Å². The van der Waals surface area contributed by atoms with E-state index in [0.717, 1.165) is 18.8 Å². The average Bonchev–Trinajstić information content (AvgIpc) is 2.84. The van der Waals surface area contributed by atoms with Crippen LogP contribution in [-0.2, 0) is 0 Å². The van der Waals surface area contributed by atoms with Crippen LogP contribution in [0.15, 0.2) is 5.10 Å². The molecule has 4 fully saturated rings. The minimum atomic E-state index is -0.0761. The zero-order chi connectivity index (χ0) is 15.5. The van der Waals surface area contributed by atoms with Crippen molar-refractivity contribution in [1.29, 1.82) is 0 Å². The predicted molar refractivity (Wildman–Crippen MR) is 89.4 cm³/mol. The van der Waals surface area contributed by atoms with Gasteiger partial charge >= 0.3 is 0 Å². The number of hydrogen-bond acceptors (Lipinski definition) is 3. The summed E-state index contributed by atoms with van der Waals surface area (Å²) in [6, 6.07) is 0. The third-order valence-corrected chi connectivity index (χ3v) is 8.49. The van der Waals surface area contributed by atoms with E-state index < -0.39 is 0 Å². The quantitative estimate of drug-likeness (QED) is 0.529. The number of hydrogen-bond donors (Lipinski definition) is 2. The van der Waals surface area contributed by atoms with Gasteiger partial charge in [-0.15, -0.1) is 0 Å². The molecule has 3 heteroatoms. The van der Waals surface area contributed by atoms with Gasteiger partial charge in [0.25, 0.3) is 0 Å². The molecule has 124 valence electrons. The SMILES string of the molecule is C[C@]12CCCCC1C(O)C[C@@H]1C2CC[C@]2(C)C(=NN)CC[C@@H]12. The van der Waals surface area contributed by atoms with Crippen LogP contribution in [-0.4, -0.2) is 16.9 Å². The molecule has 4 saturated carbocycles. The first-order chi connectivity index (χ1) is 10.5. The van der Waals surface area contributed by atoms with Crippen LogP contribution in [0.3, 0.4) is 0 Å². The molecule has 4 aliphatic rings. The summed E-state index contributed by atoms with van der Waals surface area (Å²) in [5.41, 5.74) is 1.85. The lowest BCUT2D eigenvalue weighted by molar-refractivity contribution is -0.147. The molecule has 4 rings (SSSR count). The highest BCUT2D eigenvalue weighted by Crippen LogP contribution is 2.65. The Morgan fingerprint density at radius 1 is 1.05 bits per heavy atom. The van der Waals surface area contributed by atoms with E-state index in [1.807, 2.05) is 0 Å². The second-order valence-electron chi connectivity index (χ2n) is 9.11. The van der Waals surface area contributed by atoms with Gasteiger partial charge in [0.15, 0.2) is 0 Å². The van der Waals surface area contributed by atoms with Crippen molar-refractivity contribution in [3.8, 4) is 0 Å². The number of aliphatic hydroxyl groups is 1. The fourth-order valence-corrected chi connectivity index (χ4v) is 7.36. The molecule has 3 nitrogen and oxygen atoms in total. The standard InChI is InChI=1S/C19H32N2O/c1-18-9-4-3-5-15(18)16(22)11-12-13-6-7-17(21-20)19(13,2)10-8-14(12)18/h12-16,22H,3-11,20H2,1-2H3/t12-,13-,14?,15?,16?,18+,19-/m0/s1. The lowest BCUT2D eigenvalue weighted by Gasteiger charge is -2.61. The molecule has 0 aromatic heterocycles. The van der Waals surface area contributed by atoms with Crippen LogP contribution in [0, 0.1) is 34.5 Å². The third kappa shape index (κ3) is 1.81. The van der Waals surface area contributed by atoms with Gasteiger partial charge in [0.2, 0.25) is 0 Å². The van der Waals surface area contributed by atoms with E-state index in [1.165, 1.54) is 50.7 Å². The van der Waals surface area contributed by atoms with Crippen LogP contribution in [0.1, 0.15) is 71.6 Å². The van der Waals surface area contributed by atoms with Crippen LogP contribution in [0.5, 0.6) is 0 Å². The van der Waals surface area contributed by atoms with Gasteiger partial charge in [-0.25, -0.2) is 0 Å². The average molecular weight is 304 g/mol. The Hall–Kier alpha value is -0.570. The van der Waals surface area contributed by atoms with E-state index >= 15 is 0 Å². The lowest BCUT2D eigenvalue weighted by Crippen LogP contribution is -2.57. The first kappa shape index (κ1) is 15.0. The molecule has 0 aromatic rings. The normalized spacial score (nSPS) is 56.3. The molecule has 0 saturated heterocycles. The zero-order valence-corrected chi connectivity index (χ0v) is 14.2. The van der Waals surface area contributed by atoms with Crippen LogP contribution < -0.4 is 5.84 Å². The van der Waals surface area contributed by atoms with E-state index in [4.69, 9.17) is 5.84 Å². The Balaban J connectivity index is 1.69. The molecule has 0 aliphatic heterocycles. The maximum atomic E-state index is 10.9. The largest absolute Gasteiger partial charge is 0.393 e. The first-order valence-electron chi connectivity index (χ1n) is 9.46. The van der Waals surface area contributed by atoms with E-state index in [0.29, 0.717) is 23.2 Å².